The topological polar surface area (TPSA) is 232 Å². The first-order valence-electron chi connectivity index (χ1n) is 13.3. The Morgan fingerprint density at radius 2 is 0.841 bits per heavy atom. The Kier molecular flexibility index (Phi) is 13.4. The fraction of sp³-hybridized carbons (Fsp3) is 0.731. The van der Waals surface area contributed by atoms with Crippen LogP contribution in [-0.2, 0) is 80.9 Å². The van der Waals surface area contributed by atoms with Gasteiger partial charge in [0.2, 0.25) is 0 Å². The number of aliphatic hydroxyl groups is 1. The van der Waals surface area contributed by atoms with Crippen LogP contribution in [0, 0.1) is 0 Å². The van der Waals surface area contributed by atoms with Gasteiger partial charge in [-0.15, -0.1) is 0 Å². The Morgan fingerprint density at radius 3 is 1.27 bits per heavy atom. The summed E-state index contributed by atoms with van der Waals surface area (Å²) in [6, 6.07) is 0. The lowest BCUT2D eigenvalue weighted by atomic mass is 9.96. The van der Waals surface area contributed by atoms with E-state index >= 15 is 0 Å². The van der Waals surface area contributed by atoms with Gasteiger partial charge in [-0.1, -0.05) is 0 Å². The first-order chi connectivity index (χ1) is 20.5. The van der Waals surface area contributed by atoms with E-state index in [1.165, 1.54) is 0 Å². The van der Waals surface area contributed by atoms with Crippen LogP contribution in [0.3, 0.4) is 0 Å². The van der Waals surface area contributed by atoms with Crippen molar-refractivity contribution in [3.8, 4) is 0 Å². The lowest BCUT2D eigenvalue weighted by Gasteiger charge is -2.48. The van der Waals surface area contributed by atoms with Gasteiger partial charge in [-0.2, -0.15) is 0 Å². The molecular weight excluding hydrogens is 600 g/mol. The lowest BCUT2D eigenvalue weighted by Crippen LogP contribution is -2.67. The van der Waals surface area contributed by atoms with E-state index in [1.54, 1.807) is 0 Å². The van der Waals surface area contributed by atoms with Crippen molar-refractivity contribution in [3.63, 3.8) is 0 Å². The van der Waals surface area contributed by atoms with E-state index in [-0.39, 0.29) is 0 Å². The van der Waals surface area contributed by atoms with Gasteiger partial charge in [0.25, 0.3) is 0 Å². The van der Waals surface area contributed by atoms with Crippen LogP contribution in [0.5, 0.6) is 0 Å². The van der Waals surface area contributed by atoms with E-state index < -0.39 is 116 Å². The summed E-state index contributed by atoms with van der Waals surface area (Å²) >= 11 is 0. The zero-order chi connectivity index (χ0) is 33.3. The molecule has 0 amide bonds. The molecule has 2 aliphatic rings. The highest BCUT2D eigenvalue weighted by molar-refractivity contribution is 5.69. The smallest absolute Gasteiger partial charge is 0.303 e. The second-order valence-electron chi connectivity index (χ2n) is 9.68. The third kappa shape index (κ3) is 10.7. The maximum absolute atomic E-state index is 12.2. The number of ether oxygens (including phenoxy) is 10. The molecule has 0 saturated carbocycles. The standard InChI is InChI=1S/C26H36O18/c1-10(27)35-8-17-20(21(38-13(4)30)23(25(34)42-17)40-15(6)32)44-26-24(41-16(7)33)22(39-14(5)31)19(37-12(3)29)18(43-26)9-36-11(2)28/h17-26,34H,8-9H2,1-7H3/t17-,18+,19-,20?,21+,22+,23-,24-,25-,26-/m1/s1. The van der Waals surface area contributed by atoms with Crippen LogP contribution in [0.2, 0.25) is 0 Å². The molecule has 248 valence electrons. The second kappa shape index (κ2) is 16.3. The molecule has 44 heavy (non-hydrogen) atoms. The summed E-state index contributed by atoms with van der Waals surface area (Å²) in [4.78, 5) is 83.5. The quantitative estimate of drug-likeness (QED) is 0.203. The van der Waals surface area contributed by atoms with Crippen molar-refractivity contribution in [2.45, 2.75) is 110 Å². The summed E-state index contributed by atoms with van der Waals surface area (Å²) < 4.78 is 54.1. The van der Waals surface area contributed by atoms with Crippen LogP contribution in [0.25, 0.3) is 0 Å². The van der Waals surface area contributed by atoms with Gasteiger partial charge < -0.3 is 52.5 Å². The number of carbonyl (C=O) groups excluding carboxylic acids is 7. The summed E-state index contributed by atoms with van der Waals surface area (Å²) in [6.45, 7) is 6.11. The van der Waals surface area contributed by atoms with Gasteiger partial charge in [0.1, 0.15) is 31.5 Å². The molecule has 0 spiro atoms. The summed E-state index contributed by atoms with van der Waals surface area (Å²) in [5.41, 5.74) is 0. The minimum Gasteiger partial charge on any atom is -0.463 e. The molecule has 10 atom stereocenters. The van der Waals surface area contributed by atoms with E-state index in [4.69, 9.17) is 47.4 Å². The Morgan fingerprint density at radius 1 is 0.477 bits per heavy atom. The van der Waals surface area contributed by atoms with Crippen LogP contribution in [0.15, 0.2) is 0 Å². The van der Waals surface area contributed by atoms with Crippen molar-refractivity contribution in [1.29, 1.82) is 0 Å². The van der Waals surface area contributed by atoms with Crippen molar-refractivity contribution >= 4 is 41.8 Å². The number of hydrogen-bond acceptors (Lipinski definition) is 18. The molecule has 18 heteroatoms. The number of aliphatic hydroxyl groups excluding tert-OH is 1. The monoisotopic (exact) mass is 636 g/mol. The summed E-state index contributed by atoms with van der Waals surface area (Å²) in [7, 11) is 0. The van der Waals surface area contributed by atoms with Crippen molar-refractivity contribution in [3.05, 3.63) is 0 Å². The average Bonchev–Trinajstić information content (AvgIpc) is 2.87. The highest BCUT2D eigenvalue weighted by Crippen LogP contribution is 2.34. The fourth-order valence-corrected chi connectivity index (χ4v) is 4.49. The molecule has 1 N–H and O–H groups in total. The van der Waals surface area contributed by atoms with Gasteiger partial charge in [0.15, 0.2) is 43.1 Å². The Bertz CT molecular complexity index is 1090. The van der Waals surface area contributed by atoms with Gasteiger partial charge >= 0.3 is 41.8 Å². The normalized spacial score (nSPS) is 31.5. The minimum atomic E-state index is -1.90. The molecule has 2 saturated heterocycles. The van der Waals surface area contributed by atoms with E-state index in [1.807, 2.05) is 0 Å². The van der Waals surface area contributed by atoms with Gasteiger partial charge in [0.05, 0.1) is 0 Å². The lowest BCUT2D eigenvalue weighted by molar-refractivity contribution is -0.357. The van der Waals surface area contributed by atoms with E-state index in [9.17, 15) is 38.7 Å². The molecule has 0 aliphatic carbocycles. The highest BCUT2D eigenvalue weighted by Gasteiger charge is 2.57. The molecule has 0 radical (unpaired) electrons. The summed E-state index contributed by atoms with van der Waals surface area (Å²) in [5, 5.41) is 10.6. The molecule has 0 bridgehead atoms. The van der Waals surface area contributed by atoms with Crippen molar-refractivity contribution < 1.29 is 86.0 Å². The molecule has 18 nitrogen and oxygen atoms in total. The van der Waals surface area contributed by atoms with Crippen LogP contribution >= 0.6 is 0 Å². The molecular formula is C26H36O18. The van der Waals surface area contributed by atoms with Crippen LogP contribution < -0.4 is 0 Å². The minimum absolute atomic E-state index is 0.572. The molecule has 2 fully saturated rings. The zero-order valence-corrected chi connectivity index (χ0v) is 25.1. The van der Waals surface area contributed by atoms with Gasteiger partial charge in [-0.3, -0.25) is 33.6 Å². The third-order valence-electron chi connectivity index (χ3n) is 5.90. The van der Waals surface area contributed by atoms with Crippen molar-refractivity contribution in [2.75, 3.05) is 13.2 Å². The maximum atomic E-state index is 12.2. The Labute approximate surface area is 251 Å². The third-order valence-corrected chi connectivity index (χ3v) is 5.90. The fourth-order valence-electron chi connectivity index (χ4n) is 4.49. The molecule has 2 heterocycles. The Balaban J connectivity index is 2.66. The van der Waals surface area contributed by atoms with E-state index in [0.29, 0.717) is 0 Å². The van der Waals surface area contributed by atoms with E-state index in [0.717, 1.165) is 48.5 Å². The predicted octanol–water partition coefficient (Wildman–Crippen LogP) is -1.40. The van der Waals surface area contributed by atoms with Gasteiger partial charge in [-0.05, 0) is 0 Å². The molecule has 0 aromatic heterocycles. The summed E-state index contributed by atoms with van der Waals surface area (Å²) in [5.74, 6) is -6.03. The van der Waals surface area contributed by atoms with E-state index in [2.05, 4.69) is 0 Å². The van der Waals surface area contributed by atoms with Crippen LogP contribution in [-0.4, -0.2) is 122 Å². The van der Waals surface area contributed by atoms with Crippen molar-refractivity contribution in [2.24, 2.45) is 0 Å². The summed E-state index contributed by atoms with van der Waals surface area (Å²) in [6.07, 6.45) is -16.3. The molecule has 0 aromatic carbocycles. The predicted molar refractivity (Wildman–Crippen MR) is 135 cm³/mol. The average molecular weight is 637 g/mol. The molecule has 2 aliphatic heterocycles. The zero-order valence-electron chi connectivity index (χ0n) is 25.1. The Hall–Kier alpha value is -3.87. The van der Waals surface area contributed by atoms with Gasteiger partial charge in [0, 0.05) is 48.5 Å². The largest absolute Gasteiger partial charge is 0.463 e. The molecule has 0 aromatic rings. The van der Waals surface area contributed by atoms with Crippen LogP contribution in [0.1, 0.15) is 48.5 Å². The number of rotatable bonds is 11. The molecule has 2 rings (SSSR count). The molecule has 1 unspecified atom stereocenters. The first kappa shape index (κ1) is 36.3. The number of esters is 7. The van der Waals surface area contributed by atoms with Crippen LogP contribution in [0.4, 0.5) is 0 Å². The highest BCUT2D eigenvalue weighted by atomic mass is 16.8. The van der Waals surface area contributed by atoms with Gasteiger partial charge in [-0.25, -0.2) is 0 Å². The number of carbonyl (C=O) groups is 7. The second-order valence-corrected chi connectivity index (χ2v) is 9.68. The number of hydrogen-bond donors (Lipinski definition) is 1. The van der Waals surface area contributed by atoms with Crippen molar-refractivity contribution in [1.82, 2.24) is 0 Å². The maximum Gasteiger partial charge on any atom is 0.303 e. The SMILES string of the molecule is CC(=O)OC[C@@H]1O[C@H](OC2[C@@H](COC(C)=O)O[C@@H](O)[C@H](OC(C)=O)[C@H]2OC(C)=O)[C@H](OC(C)=O)[C@@H](OC(C)=O)[C@@H]1OC(C)=O. The first-order valence-corrected chi connectivity index (χ1v) is 13.3.